The molecular formula is C14H27N3O3. The molecule has 0 aromatic rings. The van der Waals surface area contributed by atoms with Crippen molar-refractivity contribution < 1.29 is 14.3 Å². The summed E-state index contributed by atoms with van der Waals surface area (Å²) in [5.74, 6) is 0. The van der Waals surface area contributed by atoms with E-state index < -0.39 is 5.60 Å². The zero-order valence-electron chi connectivity index (χ0n) is 12.9. The molecule has 2 fully saturated rings. The summed E-state index contributed by atoms with van der Waals surface area (Å²) in [4.78, 5) is 13.8. The van der Waals surface area contributed by atoms with Gasteiger partial charge in [-0.25, -0.2) is 4.79 Å². The number of methoxy groups -OCH3 is 1. The van der Waals surface area contributed by atoms with E-state index in [9.17, 15) is 4.79 Å². The number of hydrogen-bond donors (Lipinski definition) is 2. The minimum absolute atomic E-state index is 0.0133. The van der Waals surface area contributed by atoms with Crippen molar-refractivity contribution in [1.82, 2.24) is 10.2 Å². The predicted octanol–water partition coefficient (Wildman–Crippen LogP) is 0.700. The van der Waals surface area contributed by atoms with Crippen LogP contribution in [0.25, 0.3) is 0 Å². The fourth-order valence-corrected chi connectivity index (χ4v) is 2.75. The van der Waals surface area contributed by atoms with E-state index in [2.05, 4.69) is 5.32 Å². The average Bonchev–Trinajstić information content (AvgIpc) is 2.68. The Balaban J connectivity index is 1.86. The Morgan fingerprint density at radius 3 is 2.45 bits per heavy atom. The highest BCUT2D eigenvalue weighted by atomic mass is 16.6. The molecule has 6 heteroatoms. The number of carbonyl (C=O) groups excluding carboxylic acids is 1. The number of amides is 1. The molecule has 6 nitrogen and oxygen atoms in total. The molecule has 2 aliphatic rings. The van der Waals surface area contributed by atoms with Crippen molar-refractivity contribution in [2.24, 2.45) is 5.73 Å². The normalized spacial score (nSPS) is 34.0. The highest BCUT2D eigenvalue weighted by Crippen LogP contribution is 2.22. The molecular weight excluding hydrogens is 258 g/mol. The van der Waals surface area contributed by atoms with Crippen LogP contribution in [0, 0.1) is 0 Å². The van der Waals surface area contributed by atoms with Crippen molar-refractivity contribution in [3.05, 3.63) is 0 Å². The minimum Gasteiger partial charge on any atom is -0.444 e. The molecule has 1 saturated heterocycles. The summed E-state index contributed by atoms with van der Waals surface area (Å²) in [5.41, 5.74) is 5.33. The number of likely N-dealkylation sites (tertiary alicyclic amines) is 1. The van der Waals surface area contributed by atoms with Crippen LogP contribution >= 0.6 is 0 Å². The number of carbonyl (C=O) groups is 1. The first-order valence-electron chi connectivity index (χ1n) is 7.31. The smallest absolute Gasteiger partial charge is 0.410 e. The van der Waals surface area contributed by atoms with E-state index in [4.69, 9.17) is 15.2 Å². The topological polar surface area (TPSA) is 76.8 Å². The molecule has 1 unspecified atom stereocenters. The van der Waals surface area contributed by atoms with Gasteiger partial charge in [-0.15, -0.1) is 0 Å². The van der Waals surface area contributed by atoms with Crippen LogP contribution in [0.5, 0.6) is 0 Å². The van der Waals surface area contributed by atoms with Crippen LogP contribution < -0.4 is 11.1 Å². The second kappa shape index (κ2) is 5.87. The maximum atomic E-state index is 12.1. The molecule has 0 aromatic carbocycles. The fraction of sp³-hybridized carbons (Fsp3) is 0.929. The van der Waals surface area contributed by atoms with E-state index in [-0.39, 0.29) is 18.2 Å². The first-order chi connectivity index (χ1) is 9.28. The monoisotopic (exact) mass is 285 g/mol. The van der Waals surface area contributed by atoms with Crippen molar-refractivity contribution in [2.75, 3.05) is 20.2 Å². The third-order valence-electron chi connectivity index (χ3n) is 3.84. The van der Waals surface area contributed by atoms with Crippen molar-refractivity contribution >= 4 is 6.09 Å². The van der Waals surface area contributed by atoms with E-state index in [1.165, 1.54) is 0 Å². The summed E-state index contributed by atoms with van der Waals surface area (Å²) in [6.07, 6.45) is 1.74. The van der Waals surface area contributed by atoms with Crippen molar-refractivity contribution in [3.63, 3.8) is 0 Å². The van der Waals surface area contributed by atoms with E-state index in [1.807, 2.05) is 20.8 Å². The number of nitrogens with two attached hydrogens (primary N) is 1. The average molecular weight is 285 g/mol. The summed E-state index contributed by atoms with van der Waals surface area (Å²) < 4.78 is 10.9. The number of ether oxygens (including phenoxy) is 2. The molecule has 1 saturated carbocycles. The van der Waals surface area contributed by atoms with Crippen LogP contribution in [0.1, 0.15) is 33.6 Å². The van der Waals surface area contributed by atoms with Crippen molar-refractivity contribution in [1.29, 1.82) is 0 Å². The molecule has 0 radical (unpaired) electrons. The Hall–Kier alpha value is -0.850. The van der Waals surface area contributed by atoms with Crippen LogP contribution in [0.15, 0.2) is 0 Å². The van der Waals surface area contributed by atoms with E-state index in [1.54, 1.807) is 12.0 Å². The predicted molar refractivity (Wildman–Crippen MR) is 76.5 cm³/mol. The maximum Gasteiger partial charge on any atom is 0.410 e. The molecule has 1 aliphatic heterocycles. The molecule has 1 amide bonds. The summed E-state index contributed by atoms with van der Waals surface area (Å²) in [6.45, 7) is 6.82. The first kappa shape index (κ1) is 15.5. The SMILES string of the molecule is CO[C@H]1CN(C(=O)OC(C)(C)C)CC1NC1CC(N)C1. The number of nitrogens with one attached hydrogen (secondary N) is 1. The van der Waals surface area contributed by atoms with Gasteiger partial charge in [-0.2, -0.15) is 0 Å². The van der Waals surface area contributed by atoms with Gasteiger partial charge in [0.1, 0.15) is 5.60 Å². The van der Waals surface area contributed by atoms with Crippen molar-refractivity contribution in [2.45, 2.75) is 63.4 Å². The maximum absolute atomic E-state index is 12.1. The Labute approximate surface area is 121 Å². The van der Waals surface area contributed by atoms with Gasteiger partial charge >= 0.3 is 6.09 Å². The Kier molecular flexibility index (Phi) is 4.56. The molecule has 1 aliphatic carbocycles. The van der Waals surface area contributed by atoms with Gasteiger partial charge in [0.15, 0.2) is 0 Å². The lowest BCUT2D eigenvalue weighted by molar-refractivity contribution is 0.0252. The summed E-state index contributed by atoms with van der Waals surface area (Å²) in [5, 5.41) is 3.54. The number of rotatable bonds is 3. The zero-order chi connectivity index (χ0) is 14.9. The van der Waals surface area contributed by atoms with Crippen LogP contribution in [0.4, 0.5) is 4.79 Å². The summed E-state index contributed by atoms with van der Waals surface area (Å²) >= 11 is 0. The van der Waals surface area contributed by atoms with E-state index in [0.717, 1.165) is 12.8 Å². The minimum atomic E-state index is -0.466. The second-order valence-electron chi connectivity index (χ2n) is 6.86. The molecule has 1 heterocycles. The van der Waals surface area contributed by atoms with Crippen LogP contribution in [-0.4, -0.2) is 61.0 Å². The van der Waals surface area contributed by atoms with Gasteiger partial charge in [0, 0.05) is 25.7 Å². The van der Waals surface area contributed by atoms with Gasteiger partial charge in [0.25, 0.3) is 0 Å². The molecule has 2 rings (SSSR count). The standard InChI is InChI=1S/C14H27N3O3/c1-14(2,3)20-13(18)17-7-11(12(8-17)19-4)16-10-5-9(15)6-10/h9-12,16H,5-8,15H2,1-4H3/t9?,10?,11?,12-/m0/s1. The Morgan fingerprint density at radius 1 is 1.30 bits per heavy atom. The Bertz CT molecular complexity index is 350. The van der Waals surface area contributed by atoms with Crippen molar-refractivity contribution in [3.8, 4) is 0 Å². The Morgan fingerprint density at radius 2 is 1.95 bits per heavy atom. The van der Waals surface area contributed by atoms with E-state index in [0.29, 0.717) is 25.2 Å². The molecule has 3 N–H and O–H groups in total. The van der Waals surface area contributed by atoms with Gasteiger partial charge in [0.05, 0.1) is 18.7 Å². The zero-order valence-corrected chi connectivity index (χ0v) is 12.9. The lowest BCUT2D eigenvalue weighted by Gasteiger charge is -2.36. The van der Waals surface area contributed by atoms with Gasteiger partial charge in [0.2, 0.25) is 0 Å². The summed E-state index contributed by atoms with van der Waals surface area (Å²) in [6, 6.07) is 0.924. The lowest BCUT2D eigenvalue weighted by atomic mass is 9.87. The molecule has 0 bridgehead atoms. The van der Waals surface area contributed by atoms with Crippen LogP contribution in [0.3, 0.4) is 0 Å². The third-order valence-corrected chi connectivity index (χ3v) is 3.84. The quantitative estimate of drug-likeness (QED) is 0.798. The molecule has 2 atom stereocenters. The highest BCUT2D eigenvalue weighted by Gasteiger charge is 2.39. The van der Waals surface area contributed by atoms with Gasteiger partial charge in [-0.3, -0.25) is 0 Å². The van der Waals surface area contributed by atoms with Crippen LogP contribution in [0.2, 0.25) is 0 Å². The van der Waals surface area contributed by atoms with Gasteiger partial charge in [-0.05, 0) is 33.6 Å². The van der Waals surface area contributed by atoms with Gasteiger partial charge in [-0.1, -0.05) is 0 Å². The first-order valence-corrected chi connectivity index (χ1v) is 7.31. The largest absolute Gasteiger partial charge is 0.444 e. The molecule has 0 aromatic heterocycles. The molecule has 116 valence electrons. The van der Waals surface area contributed by atoms with Gasteiger partial charge < -0.3 is 25.4 Å². The number of hydrogen-bond acceptors (Lipinski definition) is 5. The third kappa shape index (κ3) is 3.84. The summed E-state index contributed by atoms with van der Waals surface area (Å²) in [7, 11) is 1.68. The molecule has 0 spiro atoms. The molecule has 20 heavy (non-hydrogen) atoms. The lowest BCUT2D eigenvalue weighted by Crippen LogP contribution is -2.54. The highest BCUT2D eigenvalue weighted by molar-refractivity contribution is 5.68. The van der Waals surface area contributed by atoms with Crippen LogP contribution in [-0.2, 0) is 9.47 Å². The second-order valence-corrected chi connectivity index (χ2v) is 6.86. The van der Waals surface area contributed by atoms with E-state index >= 15 is 0 Å². The number of nitrogens with zero attached hydrogens (tertiary/aromatic N) is 1. The fourth-order valence-electron chi connectivity index (χ4n) is 2.75.